The maximum atomic E-state index is 12.4. The number of hydrogen-bond acceptors (Lipinski definition) is 6. The van der Waals surface area contributed by atoms with Crippen molar-refractivity contribution in [1.29, 1.82) is 0 Å². The van der Waals surface area contributed by atoms with Gasteiger partial charge in [-0.1, -0.05) is 6.07 Å². The van der Waals surface area contributed by atoms with Gasteiger partial charge in [0.2, 0.25) is 0 Å². The largest absolute Gasteiger partial charge is 0.399 e. The van der Waals surface area contributed by atoms with E-state index in [2.05, 4.69) is 21.0 Å². The standard InChI is InChI=1S/C20H24N6O2/c1-13(2)24-20(28)18-5-3-4-17(25-18)19(27)22-10-14-11-23-26(12-14)16-8-6-15(21)7-9-16/h3-9,12-13,23H,10-11,21H2,1-2H3,(H,22,27)(H,24,28). The Bertz CT molecular complexity index is 892. The second-order valence-electron chi connectivity index (χ2n) is 6.80. The van der Waals surface area contributed by atoms with Crippen LogP contribution in [0.15, 0.2) is 54.2 Å². The third-order valence-corrected chi connectivity index (χ3v) is 4.07. The van der Waals surface area contributed by atoms with Gasteiger partial charge < -0.3 is 16.4 Å². The molecule has 1 aromatic heterocycles. The lowest BCUT2D eigenvalue weighted by Crippen LogP contribution is -2.32. The lowest BCUT2D eigenvalue weighted by molar-refractivity contribution is 0.0937. The Labute approximate surface area is 163 Å². The molecule has 28 heavy (non-hydrogen) atoms. The number of amides is 2. The molecule has 0 bridgehead atoms. The number of nitrogens with two attached hydrogens (primary N) is 1. The first kappa shape index (κ1) is 19.4. The van der Waals surface area contributed by atoms with Crippen LogP contribution in [0.4, 0.5) is 11.4 Å². The fourth-order valence-electron chi connectivity index (χ4n) is 2.68. The minimum atomic E-state index is -0.328. The topological polar surface area (TPSA) is 112 Å². The molecule has 3 rings (SSSR count). The van der Waals surface area contributed by atoms with Crippen LogP contribution in [0.1, 0.15) is 34.8 Å². The van der Waals surface area contributed by atoms with Gasteiger partial charge in [0.25, 0.3) is 11.8 Å². The van der Waals surface area contributed by atoms with E-state index in [-0.39, 0.29) is 29.2 Å². The predicted molar refractivity (Wildman–Crippen MR) is 109 cm³/mol. The number of nitrogens with zero attached hydrogens (tertiary/aromatic N) is 2. The van der Waals surface area contributed by atoms with Crippen molar-refractivity contribution < 1.29 is 9.59 Å². The van der Waals surface area contributed by atoms with Gasteiger partial charge in [-0.25, -0.2) is 10.4 Å². The van der Waals surface area contributed by atoms with Crippen molar-refractivity contribution in [2.75, 3.05) is 23.8 Å². The van der Waals surface area contributed by atoms with E-state index >= 15 is 0 Å². The monoisotopic (exact) mass is 380 g/mol. The molecular weight excluding hydrogens is 356 g/mol. The van der Waals surface area contributed by atoms with Crippen LogP contribution in [-0.4, -0.2) is 35.9 Å². The van der Waals surface area contributed by atoms with Gasteiger partial charge in [0.05, 0.1) is 5.69 Å². The molecule has 0 spiro atoms. The Morgan fingerprint density at radius 3 is 2.50 bits per heavy atom. The molecule has 0 saturated heterocycles. The van der Waals surface area contributed by atoms with E-state index in [1.165, 1.54) is 0 Å². The number of pyridine rings is 1. The van der Waals surface area contributed by atoms with Crippen LogP contribution in [0.2, 0.25) is 0 Å². The number of anilines is 2. The van der Waals surface area contributed by atoms with Crippen molar-refractivity contribution >= 4 is 23.2 Å². The van der Waals surface area contributed by atoms with Crippen molar-refractivity contribution in [2.45, 2.75) is 19.9 Å². The molecule has 0 radical (unpaired) electrons. The highest BCUT2D eigenvalue weighted by Gasteiger charge is 2.16. The number of rotatable bonds is 6. The molecule has 2 aromatic rings. The molecule has 146 valence electrons. The third kappa shape index (κ3) is 4.86. The van der Waals surface area contributed by atoms with Gasteiger partial charge in [0, 0.05) is 31.0 Å². The highest BCUT2D eigenvalue weighted by atomic mass is 16.2. The second kappa shape index (κ2) is 8.53. The minimum absolute atomic E-state index is 0.00223. The quantitative estimate of drug-likeness (QED) is 0.564. The summed E-state index contributed by atoms with van der Waals surface area (Å²) in [5.74, 6) is -0.627. The summed E-state index contributed by atoms with van der Waals surface area (Å²) in [5, 5.41) is 7.49. The van der Waals surface area contributed by atoms with E-state index in [4.69, 9.17) is 5.73 Å². The number of hydrogen-bond donors (Lipinski definition) is 4. The Morgan fingerprint density at radius 1 is 1.14 bits per heavy atom. The average Bonchev–Trinajstić information content (AvgIpc) is 3.15. The van der Waals surface area contributed by atoms with Crippen molar-refractivity contribution in [1.82, 2.24) is 21.0 Å². The van der Waals surface area contributed by atoms with Crippen LogP contribution in [-0.2, 0) is 0 Å². The SMILES string of the molecule is CC(C)NC(=O)c1cccc(C(=O)NCC2=CN(c3ccc(N)cc3)NC2)n1. The van der Waals surface area contributed by atoms with Gasteiger partial charge in [0.15, 0.2) is 0 Å². The lowest BCUT2D eigenvalue weighted by atomic mass is 10.2. The molecule has 2 amide bonds. The molecule has 1 aromatic carbocycles. The van der Waals surface area contributed by atoms with Crippen LogP contribution in [0.5, 0.6) is 0 Å². The van der Waals surface area contributed by atoms with Gasteiger partial charge in [-0.05, 0) is 55.8 Å². The Morgan fingerprint density at radius 2 is 1.82 bits per heavy atom. The normalized spacial score (nSPS) is 13.4. The van der Waals surface area contributed by atoms with Crippen molar-refractivity contribution in [3.05, 3.63) is 65.6 Å². The number of nitrogens with one attached hydrogen (secondary N) is 3. The number of benzene rings is 1. The summed E-state index contributed by atoms with van der Waals surface area (Å²) in [4.78, 5) is 28.6. The smallest absolute Gasteiger partial charge is 0.270 e. The zero-order valence-electron chi connectivity index (χ0n) is 15.9. The van der Waals surface area contributed by atoms with Crippen LogP contribution in [0, 0.1) is 0 Å². The van der Waals surface area contributed by atoms with E-state index in [1.54, 1.807) is 18.2 Å². The minimum Gasteiger partial charge on any atom is -0.399 e. The highest BCUT2D eigenvalue weighted by Crippen LogP contribution is 2.18. The third-order valence-electron chi connectivity index (χ3n) is 4.07. The predicted octanol–water partition coefficient (Wildman–Crippen LogP) is 1.44. The summed E-state index contributed by atoms with van der Waals surface area (Å²) in [6, 6.07) is 12.3. The van der Waals surface area contributed by atoms with Crippen molar-refractivity contribution in [3.8, 4) is 0 Å². The van der Waals surface area contributed by atoms with Crippen LogP contribution in [0.3, 0.4) is 0 Å². The lowest BCUT2D eigenvalue weighted by Gasteiger charge is -2.15. The van der Waals surface area contributed by atoms with E-state index in [9.17, 15) is 9.59 Å². The highest BCUT2D eigenvalue weighted by molar-refractivity contribution is 5.96. The molecule has 0 fully saturated rings. The number of carbonyl (C=O) groups excluding carboxylic acids is 2. The van der Waals surface area contributed by atoms with Gasteiger partial charge in [-0.15, -0.1) is 0 Å². The van der Waals surface area contributed by atoms with Crippen LogP contribution in [0.25, 0.3) is 0 Å². The Kier molecular flexibility index (Phi) is 5.90. The molecule has 5 N–H and O–H groups in total. The molecule has 8 nitrogen and oxygen atoms in total. The van der Waals surface area contributed by atoms with Gasteiger partial charge >= 0.3 is 0 Å². The maximum absolute atomic E-state index is 12.4. The zero-order valence-corrected chi connectivity index (χ0v) is 15.9. The summed E-state index contributed by atoms with van der Waals surface area (Å²) in [5.41, 5.74) is 12.0. The van der Waals surface area contributed by atoms with Crippen LogP contribution >= 0.6 is 0 Å². The van der Waals surface area contributed by atoms with Crippen molar-refractivity contribution in [2.24, 2.45) is 0 Å². The molecule has 0 unspecified atom stereocenters. The van der Waals surface area contributed by atoms with E-state index in [0.717, 1.165) is 11.3 Å². The van der Waals surface area contributed by atoms with Crippen molar-refractivity contribution in [3.63, 3.8) is 0 Å². The van der Waals surface area contributed by atoms with E-state index in [1.807, 2.05) is 49.3 Å². The van der Waals surface area contributed by atoms with Gasteiger partial charge in [-0.2, -0.15) is 0 Å². The fourth-order valence-corrected chi connectivity index (χ4v) is 2.68. The molecule has 2 heterocycles. The Hall–Kier alpha value is -3.39. The summed E-state index contributed by atoms with van der Waals surface area (Å²) < 4.78 is 0. The first-order valence-electron chi connectivity index (χ1n) is 9.06. The Balaban J connectivity index is 1.59. The molecule has 0 atom stereocenters. The zero-order chi connectivity index (χ0) is 20.1. The molecular formula is C20H24N6O2. The number of hydrazine groups is 1. The first-order chi connectivity index (χ1) is 13.4. The number of aromatic nitrogens is 1. The van der Waals surface area contributed by atoms with E-state index in [0.29, 0.717) is 18.8 Å². The summed E-state index contributed by atoms with van der Waals surface area (Å²) in [7, 11) is 0. The van der Waals surface area contributed by atoms with Gasteiger partial charge in [-0.3, -0.25) is 14.6 Å². The molecule has 0 saturated carbocycles. The molecule has 1 aliphatic rings. The maximum Gasteiger partial charge on any atom is 0.270 e. The fraction of sp³-hybridized carbons (Fsp3) is 0.250. The summed E-state index contributed by atoms with van der Waals surface area (Å²) in [6.45, 7) is 4.73. The average molecular weight is 380 g/mol. The molecule has 1 aliphatic heterocycles. The number of carbonyl (C=O) groups is 2. The molecule has 0 aliphatic carbocycles. The number of nitrogen functional groups attached to an aromatic ring is 1. The molecule has 8 heteroatoms. The second-order valence-corrected chi connectivity index (χ2v) is 6.80. The summed E-state index contributed by atoms with van der Waals surface area (Å²) in [6.07, 6.45) is 1.94. The first-order valence-corrected chi connectivity index (χ1v) is 9.06. The van der Waals surface area contributed by atoms with Gasteiger partial charge in [0.1, 0.15) is 11.4 Å². The summed E-state index contributed by atoms with van der Waals surface area (Å²) >= 11 is 0. The van der Waals surface area contributed by atoms with Crippen LogP contribution < -0.4 is 26.8 Å². The van der Waals surface area contributed by atoms with E-state index < -0.39 is 0 Å².